The molecule has 1 heterocycles. The van der Waals surface area contributed by atoms with Crippen LogP contribution in [0, 0.1) is 6.92 Å². The number of hydrogen-bond donors (Lipinski definition) is 0. The van der Waals surface area contributed by atoms with Crippen LogP contribution in [0.3, 0.4) is 0 Å². The topological polar surface area (TPSA) is 40.5 Å². The summed E-state index contributed by atoms with van der Waals surface area (Å²) < 4.78 is 26.9. The average molecular weight is 369 g/mol. The van der Waals surface area contributed by atoms with Crippen LogP contribution < -0.4 is 5.30 Å². The minimum atomic E-state index is -3.42. The molecular weight excluding hydrogens is 345 g/mol. The van der Waals surface area contributed by atoms with E-state index in [1.807, 2.05) is 87.5 Å². The molecular formula is C21H24NO3P. The number of rotatable bonds is 7. The molecule has 0 N–H and O–H groups in total. The Balaban J connectivity index is 2.31. The van der Waals surface area contributed by atoms with E-state index in [1.54, 1.807) is 0 Å². The number of aromatic nitrogens is 1. The first-order valence-corrected chi connectivity index (χ1v) is 10.4. The van der Waals surface area contributed by atoms with Gasteiger partial charge in [0, 0.05) is 11.4 Å². The van der Waals surface area contributed by atoms with Gasteiger partial charge in [-0.25, -0.2) is 0 Å². The maximum atomic E-state index is 13.5. The van der Waals surface area contributed by atoms with Crippen molar-refractivity contribution in [1.82, 2.24) is 4.57 Å². The van der Waals surface area contributed by atoms with Gasteiger partial charge in [0.2, 0.25) is 0 Å². The fraction of sp³-hybridized carbons (Fsp3) is 0.238. The number of benzene rings is 2. The second-order valence-corrected chi connectivity index (χ2v) is 7.88. The molecule has 4 nitrogen and oxygen atoms in total. The Bertz CT molecular complexity index is 894. The lowest BCUT2D eigenvalue weighted by atomic mass is 10.1. The molecule has 0 atom stereocenters. The van der Waals surface area contributed by atoms with Gasteiger partial charge in [0.05, 0.1) is 24.2 Å². The summed E-state index contributed by atoms with van der Waals surface area (Å²) >= 11 is 0. The highest BCUT2D eigenvalue weighted by molar-refractivity contribution is 7.62. The third kappa shape index (κ3) is 3.54. The van der Waals surface area contributed by atoms with Crippen molar-refractivity contribution in [3.8, 4) is 16.9 Å². The first-order valence-electron chi connectivity index (χ1n) is 8.83. The lowest BCUT2D eigenvalue weighted by Crippen LogP contribution is -2.13. The van der Waals surface area contributed by atoms with Crippen molar-refractivity contribution in [1.29, 1.82) is 0 Å². The summed E-state index contributed by atoms with van der Waals surface area (Å²) in [5, 5.41) is 0.605. The molecule has 0 spiro atoms. The molecule has 2 aromatic carbocycles. The number of aryl methyl sites for hydroxylation is 1. The molecule has 0 bridgehead atoms. The Morgan fingerprint density at radius 3 is 1.96 bits per heavy atom. The van der Waals surface area contributed by atoms with E-state index < -0.39 is 7.60 Å². The molecule has 1 aromatic heterocycles. The van der Waals surface area contributed by atoms with E-state index in [2.05, 4.69) is 4.57 Å². The molecule has 0 aliphatic rings. The summed E-state index contributed by atoms with van der Waals surface area (Å²) in [4.78, 5) is 0. The second-order valence-electron chi connectivity index (χ2n) is 5.89. The van der Waals surface area contributed by atoms with Gasteiger partial charge in [-0.1, -0.05) is 48.5 Å². The molecule has 5 heteroatoms. The van der Waals surface area contributed by atoms with Crippen LogP contribution in [0.1, 0.15) is 19.5 Å². The molecule has 0 saturated carbocycles. The SMILES string of the molecule is CCOP(=O)(OCC)c1cc(C)n(-c2ccccc2)c1-c1ccccc1. The van der Waals surface area contributed by atoms with E-state index in [0.717, 1.165) is 22.6 Å². The van der Waals surface area contributed by atoms with E-state index in [1.165, 1.54) is 0 Å². The summed E-state index contributed by atoms with van der Waals surface area (Å²) in [6.45, 7) is 6.30. The zero-order chi connectivity index (χ0) is 18.6. The van der Waals surface area contributed by atoms with Crippen LogP contribution in [0.4, 0.5) is 0 Å². The zero-order valence-electron chi connectivity index (χ0n) is 15.4. The van der Waals surface area contributed by atoms with Gasteiger partial charge in [0.1, 0.15) is 0 Å². The Kier molecular flexibility index (Phi) is 5.77. The van der Waals surface area contributed by atoms with Gasteiger partial charge < -0.3 is 13.6 Å². The highest BCUT2D eigenvalue weighted by Gasteiger charge is 2.33. The normalized spacial score (nSPS) is 11.7. The zero-order valence-corrected chi connectivity index (χ0v) is 16.3. The minimum Gasteiger partial charge on any atom is -0.313 e. The van der Waals surface area contributed by atoms with Crippen molar-refractivity contribution in [3.05, 3.63) is 72.4 Å². The molecule has 0 fully saturated rings. The van der Waals surface area contributed by atoms with Gasteiger partial charge in [-0.3, -0.25) is 4.57 Å². The van der Waals surface area contributed by atoms with Gasteiger partial charge in [-0.2, -0.15) is 0 Å². The highest BCUT2D eigenvalue weighted by Crippen LogP contribution is 2.50. The molecule has 0 radical (unpaired) electrons. The Morgan fingerprint density at radius 2 is 1.42 bits per heavy atom. The standard InChI is InChI=1S/C21H24NO3P/c1-4-24-26(23,25-5-2)20-16-17(3)22(19-14-10-7-11-15-19)21(20)18-12-8-6-9-13-18/h6-16H,4-5H2,1-3H3. The molecule has 136 valence electrons. The smallest absolute Gasteiger partial charge is 0.313 e. The Labute approximate surface area is 154 Å². The number of nitrogens with zero attached hydrogens (tertiary/aromatic N) is 1. The van der Waals surface area contributed by atoms with E-state index in [9.17, 15) is 4.57 Å². The predicted molar refractivity (Wildman–Crippen MR) is 106 cm³/mol. The summed E-state index contributed by atoms with van der Waals surface area (Å²) in [6, 6.07) is 21.9. The van der Waals surface area contributed by atoms with Gasteiger partial charge >= 0.3 is 7.60 Å². The van der Waals surface area contributed by atoms with Gasteiger partial charge in [0.15, 0.2) is 0 Å². The fourth-order valence-electron chi connectivity index (χ4n) is 3.13. The lowest BCUT2D eigenvalue weighted by Gasteiger charge is -2.19. The van der Waals surface area contributed by atoms with E-state index in [0.29, 0.717) is 18.5 Å². The molecule has 0 aliphatic carbocycles. The first kappa shape index (κ1) is 18.7. The predicted octanol–water partition coefficient (Wildman–Crippen LogP) is 5.34. The van der Waals surface area contributed by atoms with Crippen molar-refractivity contribution in [2.45, 2.75) is 20.8 Å². The van der Waals surface area contributed by atoms with Crippen molar-refractivity contribution in [3.63, 3.8) is 0 Å². The third-order valence-corrected chi connectivity index (χ3v) is 6.25. The van der Waals surface area contributed by atoms with Crippen molar-refractivity contribution >= 4 is 12.9 Å². The van der Waals surface area contributed by atoms with Crippen LogP contribution in [0.2, 0.25) is 0 Å². The monoisotopic (exact) mass is 369 g/mol. The molecule has 0 amide bonds. The molecule has 0 saturated heterocycles. The number of para-hydroxylation sites is 1. The average Bonchev–Trinajstić information content (AvgIpc) is 3.01. The largest absolute Gasteiger partial charge is 0.363 e. The number of hydrogen-bond acceptors (Lipinski definition) is 3. The van der Waals surface area contributed by atoms with Crippen molar-refractivity contribution in [2.24, 2.45) is 0 Å². The van der Waals surface area contributed by atoms with Crippen LogP contribution in [-0.4, -0.2) is 17.8 Å². The molecule has 0 aliphatic heterocycles. The summed E-state index contributed by atoms with van der Waals surface area (Å²) in [6.07, 6.45) is 0. The fourth-order valence-corrected chi connectivity index (χ4v) is 5.00. The maximum absolute atomic E-state index is 13.5. The van der Waals surface area contributed by atoms with E-state index in [4.69, 9.17) is 9.05 Å². The molecule has 26 heavy (non-hydrogen) atoms. The Morgan fingerprint density at radius 1 is 0.885 bits per heavy atom. The Hall–Kier alpha value is -2.13. The van der Waals surface area contributed by atoms with Crippen LogP contribution in [0.25, 0.3) is 16.9 Å². The summed E-state index contributed by atoms with van der Waals surface area (Å²) in [7, 11) is -3.42. The molecule has 3 aromatic rings. The third-order valence-electron chi connectivity index (χ3n) is 4.12. The van der Waals surface area contributed by atoms with Crippen LogP contribution >= 0.6 is 7.60 Å². The van der Waals surface area contributed by atoms with Crippen molar-refractivity contribution < 1.29 is 13.6 Å². The lowest BCUT2D eigenvalue weighted by molar-refractivity contribution is 0.230. The summed E-state index contributed by atoms with van der Waals surface area (Å²) in [5.41, 5.74) is 3.80. The molecule has 3 rings (SSSR count). The van der Waals surface area contributed by atoms with E-state index in [-0.39, 0.29) is 0 Å². The molecule has 0 unspecified atom stereocenters. The van der Waals surface area contributed by atoms with Crippen molar-refractivity contribution in [2.75, 3.05) is 13.2 Å². The minimum absolute atomic E-state index is 0.321. The van der Waals surface area contributed by atoms with E-state index >= 15 is 0 Å². The van der Waals surface area contributed by atoms with Crippen LogP contribution in [0.5, 0.6) is 0 Å². The first-order chi connectivity index (χ1) is 12.6. The van der Waals surface area contributed by atoms with Gasteiger partial charge in [-0.05, 0) is 44.5 Å². The van der Waals surface area contributed by atoms with Gasteiger partial charge in [-0.15, -0.1) is 0 Å². The van der Waals surface area contributed by atoms with Gasteiger partial charge in [0.25, 0.3) is 0 Å². The second kappa shape index (κ2) is 8.05. The summed E-state index contributed by atoms with van der Waals surface area (Å²) in [5.74, 6) is 0. The highest BCUT2D eigenvalue weighted by atomic mass is 31.2. The maximum Gasteiger partial charge on any atom is 0.363 e. The quantitative estimate of drug-likeness (QED) is 0.528. The van der Waals surface area contributed by atoms with Crippen LogP contribution in [-0.2, 0) is 13.6 Å². The van der Waals surface area contributed by atoms with Crippen LogP contribution in [0.15, 0.2) is 66.7 Å².